The molecule has 0 aliphatic carbocycles. The molecule has 5 heteroatoms. The van der Waals surface area contributed by atoms with E-state index >= 15 is 0 Å². The Morgan fingerprint density at radius 2 is 1.92 bits per heavy atom. The van der Waals surface area contributed by atoms with Gasteiger partial charge in [0.05, 0.1) is 6.04 Å². The molecule has 4 nitrogen and oxygen atoms in total. The number of halogens is 1. The van der Waals surface area contributed by atoms with Crippen LogP contribution in [0, 0.1) is 5.82 Å². The van der Waals surface area contributed by atoms with E-state index in [9.17, 15) is 14.3 Å². The van der Waals surface area contributed by atoms with Crippen LogP contribution in [0.4, 0.5) is 9.18 Å². The predicted octanol–water partition coefficient (Wildman–Crippen LogP) is 4.61. The van der Waals surface area contributed by atoms with E-state index in [-0.39, 0.29) is 24.5 Å². The Morgan fingerprint density at radius 3 is 2.58 bits per heavy atom. The van der Waals surface area contributed by atoms with Gasteiger partial charge in [-0.25, -0.2) is 9.18 Å². The van der Waals surface area contributed by atoms with Crippen molar-refractivity contribution in [2.45, 2.75) is 38.5 Å². The Kier molecular flexibility index (Phi) is 4.69. The maximum absolute atomic E-state index is 13.6. The van der Waals surface area contributed by atoms with Crippen molar-refractivity contribution in [2.24, 2.45) is 0 Å². The van der Waals surface area contributed by atoms with Gasteiger partial charge in [0.15, 0.2) is 0 Å². The second-order valence-electron chi connectivity index (χ2n) is 6.08. The fourth-order valence-electron chi connectivity index (χ4n) is 3.20. The minimum absolute atomic E-state index is 0.0319. The number of carbonyl (C=O) groups is 1. The van der Waals surface area contributed by atoms with E-state index in [0.717, 1.165) is 18.4 Å². The standard InChI is InChI=1S/C19H20FNO3/c1-13-6-11-18(21(13)19(22)23)14-7-9-16(10-8-14)24-12-15-4-2-3-5-17(15)20/h2-5,7-10,13,18H,6,11-12H2,1H3,(H,22,23)/t13?,18-/m1/s1. The van der Waals surface area contributed by atoms with E-state index in [4.69, 9.17) is 4.74 Å². The molecule has 1 aliphatic heterocycles. The van der Waals surface area contributed by atoms with Crippen LogP contribution in [-0.2, 0) is 6.61 Å². The fourth-order valence-corrected chi connectivity index (χ4v) is 3.20. The van der Waals surface area contributed by atoms with Crippen LogP contribution in [0.1, 0.15) is 36.9 Å². The molecular weight excluding hydrogens is 309 g/mol. The molecule has 0 radical (unpaired) electrons. The Hall–Kier alpha value is -2.56. The SMILES string of the molecule is CC1CC[C@H](c2ccc(OCc3ccccc3F)cc2)N1C(=O)O. The van der Waals surface area contributed by atoms with Crippen LogP contribution in [0.3, 0.4) is 0 Å². The fraction of sp³-hybridized carbons (Fsp3) is 0.316. The molecule has 1 unspecified atom stereocenters. The lowest BCUT2D eigenvalue weighted by Gasteiger charge is -2.25. The van der Waals surface area contributed by atoms with Gasteiger partial charge in [0.1, 0.15) is 18.2 Å². The number of hydrogen-bond donors (Lipinski definition) is 1. The van der Waals surface area contributed by atoms with Gasteiger partial charge in [0, 0.05) is 11.6 Å². The monoisotopic (exact) mass is 329 g/mol. The third kappa shape index (κ3) is 3.35. The predicted molar refractivity (Wildman–Crippen MR) is 88.5 cm³/mol. The lowest BCUT2D eigenvalue weighted by atomic mass is 10.0. The van der Waals surface area contributed by atoms with Crippen LogP contribution in [0.15, 0.2) is 48.5 Å². The summed E-state index contributed by atoms with van der Waals surface area (Å²) in [5, 5.41) is 9.37. The van der Waals surface area contributed by atoms with Gasteiger partial charge in [-0.15, -0.1) is 0 Å². The highest BCUT2D eigenvalue weighted by Gasteiger charge is 2.35. The molecule has 24 heavy (non-hydrogen) atoms. The zero-order chi connectivity index (χ0) is 17.1. The lowest BCUT2D eigenvalue weighted by molar-refractivity contribution is 0.125. The van der Waals surface area contributed by atoms with Gasteiger partial charge in [-0.1, -0.05) is 30.3 Å². The summed E-state index contributed by atoms with van der Waals surface area (Å²) in [6.07, 6.45) is 0.802. The molecule has 0 bridgehead atoms. The van der Waals surface area contributed by atoms with Crippen LogP contribution in [0.2, 0.25) is 0 Å². The van der Waals surface area contributed by atoms with Crippen molar-refractivity contribution in [3.63, 3.8) is 0 Å². The van der Waals surface area contributed by atoms with Gasteiger partial charge in [0.25, 0.3) is 0 Å². The summed E-state index contributed by atoms with van der Waals surface area (Å²) >= 11 is 0. The number of hydrogen-bond acceptors (Lipinski definition) is 2. The van der Waals surface area contributed by atoms with Crippen molar-refractivity contribution in [3.05, 3.63) is 65.5 Å². The van der Waals surface area contributed by atoms with Gasteiger partial charge in [0.2, 0.25) is 0 Å². The van der Waals surface area contributed by atoms with Gasteiger partial charge in [-0.2, -0.15) is 0 Å². The van der Waals surface area contributed by atoms with Crippen molar-refractivity contribution in [1.82, 2.24) is 4.90 Å². The second-order valence-corrected chi connectivity index (χ2v) is 6.08. The average Bonchev–Trinajstić information content (AvgIpc) is 2.96. The molecule has 3 rings (SSSR count). The first kappa shape index (κ1) is 16.3. The number of nitrogens with zero attached hydrogens (tertiary/aromatic N) is 1. The maximum Gasteiger partial charge on any atom is 0.408 e. The highest BCUT2D eigenvalue weighted by atomic mass is 19.1. The van der Waals surface area contributed by atoms with Crippen molar-refractivity contribution in [1.29, 1.82) is 0 Å². The summed E-state index contributed by atoms with van der Waals surface area (Å²) in [6, 6.07) is 13.8. The zero-order valence-electron chi connectivity index (χ0n) is 13.5. The molecule has 1 aliphatic rings. The molecule has 0 spiro atoms. The number of amides is 1. The van der Waals surface area contributed by atoms with E-state index in [1.165, 1.54) is 11.0 Å². The molecule has 1 heterocycles. The van der Waals surface area contributed by atoms with Crippen molar-refractivity contribution < 1.29 is 19.0 Å². The maximum atomic E-state index is 13.6. The summed E-state index contributed by atoms with van der Waals surface area (Å²) in [5.41, 5.74) is 1.46. The van der Waals surface area contributed by atoms with Crippen LogP contribution >= 0.6 is 0 Å². The second kappa shape index (κ2) is 6.91. The quantitative estimate of drug-likeness (QED) is 0.891. The molecule has 0 aromatic heterocycles. The van der Waals surface area contributed by atoms with Crippen molar-refractivity contribution >= 4 is 6.09 Å². The molecule has 1 amide bonds. The molecule has 1 saturated heterocycles. The Morgan fingerprint density at radius 1 is 1.21 bits per heavy atom. The first-order valence-corrected chi connectivity index (χ1v) is 8.03. The number of likely N-dealkylation sites (tertiary alicyclic amines) is 1. The van der Waals surface area contributed by atoms with E-state index < -0.39 is 6.09 Å². The van der Waals surface area contributed by atoms with Crippen LogP contribution in [0.25, 0.3) is 0 Å². The number of carboxylic acid groups (broad SMARTS) is 1. The topological polar surface area (TPSA) is 49.8 Å². The number of benzene rings is 2. The molecule has 1 N–H and O–H groups in total. The highest BCUT2D eigenvalue weighted by Crippen LogP contribution is 2.36. The molecule has 2 atom stereocenters. The Labute approximate surface area is 140 Å². The third-order valence-corrected chi connectivity index (χ3v) is 4.51. The molecule has 2 aromatic carbocycles. The molecule has 2 aromatic rings. The highest BCUT2D eigenvalue weighted by molar-refractivity contribution is 5.66. The van der Waals surface area contributed by atoms with Crippen molar-refractivity contribution in [2.75, 3.05) is 0 Å². The summed E-state index contributed by atoms with van der Waals surface area (Å²) in [5.74, 6) is 0.348. The summed E-state index contributed by atoms with van der Waals surface area (Å²) in [4.78, 5) is 12.9. The number of ether oxygens (including phenoxy) is 1. The first-order chi connectivity index (χ1) is 11.6. The van der Waals surface area contributed by atoms with E-state index in [1.807, 2.05) is 19.1 Å². The average molecular weight is 329 g/mol. The normalized spacial score (nSPS) is 20.2. The van der Waals surface area contributed by atoms with Gasteiger partial charge < -0.3 is 9.84 Å². The van der Waals surface area contributed by atoms with Gasteiger partial charge in [-0.05, 0) is 43.5 Å². The van der Waals surface area contributed by atoms with E-state index in [0.29, 0.717) is 11.3 Å². The third-order valence-electron chi connectivity index (χ3n) is 4.51. The van der Waals surface area contributed by atoms with Crippen LogP contribution in [0.5, 0.6) is 5.75 Å². The minimum Gasteiger partial charge on any atom is -0.489 e. The van der Waals surface area contributed by atoms with Crippen molar-refractivity contribution in [3.8, 4) is 5.75 Å². The molecule has 0 saturated carbocycles. The van der Waals surface area contributed by atoms with E-state index in [2.05, 4.69) is 0 Å². The van der Waals surface area contributed by atoms with E-state index in [1.54, 1.807) is 30.3 Å². The summed E-state index contributed by atoms with van der Waals surface area (Å²) in [7, 11) is 0. The zero-order valence-corrected chi connectivity index (χ0v) is 13.5. The summed E-state index contributed by atoms with van der Waals surface area (Å²) in [6.45, 7) is 2.09. The Balaban J connectivity index is 1.67. The first-order valence-electron chi connectivity index (χ1n) is 8.03. The number of rotatable bonds is 4. The summed E-state index contributed by atoms with van der Waals surface area (Å²) < 4.78 is 19.2. The lowest BCUT2D eigenvalue weighted by Crippen LogP contribution is -2.34. The van der Waals surface area contributed by atoms with Gasteiger partial charge >= 0.3 is 6.09 Å². The van der Waals surface area contributed by atoms with Gasteiger partial charge in [-0.3, -0.25) is 4.90 Å². The van der Waals surface area contributed by atoms with Crippen LogP contribution < -0.4 is 4.74 Å². The smallest absolute Gasteiger partial charge is 0.408 e. The largest absolute Gasteiger partial charge is 0.489 e. The Bertz CT molecular complexity index is 717. The van der Waals surface area contributed by atoms with Crippen LogP contribution in [-0.4, -0.2) is 22.1 Å². The molecule has 126 valence electrons. The minimum atomic E-state index is -0.884. The molecule has 1 fully saturated rings. The molecular formula is C19H20FNO3.